The van der Waals surface area contributed by atoms with E-state index in [1.54, 1.807) is 11.3 Å². The zero-order chi connectivity index (χ0) is 10.5. The molecule has 3 heteroatoms. The van der Waals surface area contributed by atoms with Gasteiger partial charge in [-0.05, 0) is 30.5 Å². The summed E-state index contributed by atoms with van der Waals surface area (Å²) in [7, 11) is 0. The van der Waals surface area contributed by atoms with E-state index >= 15 is 0 Å². The zero-order valence-corrected chi connectivity index (χ0v) is 10.4. The molecular formula is C12H14OS2. The maximum atomic E-state index is 5.61. The third-order valence-corrected chi connectivity index (χ3v) is 4.02. The van der Waals surface area contributed by atoms with Crippen molar-refractivity contribution < 1.29 is 4.74 Å². The van der Waals surface area contributed by atoms with E-state index in [4.69, 9.17) is 4.74 Å². The molecule has 0 fully saturated rings. The van der Waals surface area contributed by atoms with Crippen LogP contribution in [0.2, 0.25) is 0 Å². The Morgan fingerprint density at radius 3 is 2.80 bits per heavy atom. The molecule has 0 radical (unpaired) electrons. The summed E-state index contributed by atoms with van der Waals surface area (Å²) in [5, 5.41) is 2.08. The minimum atomic E-state index is 0.752. The maximum absolute atomic E-state index is 5.61. The van der Waals surface area contributed by atoms with Crippen LogP contribution >= 0.6 is 22.7 Å². The van der Waals surface area contributed by atoms with E-state index < -0.39 is 0 Å². The second-order valence-electron chi connectivity index (χ2n) is 3.39. The van der Waals surface area contributed by atoms with E-state index in [2.05, 4.69) is 36.6 Å². The van der Waals surface area contributed by atoms with Crippen molar-refractivity contribution in [1.29, 1.82) is 0 Å². The van der Waals surface area contributed by atoms with Gasteiger partial charge in [-0.2, -0.15) is 0 Å². The lowest BCUT2D eigenvalue weighted by Crippen LogP contribution is -1.96. The van der Waals surface area contributed by atoms with Crippen molar-refractivity contribution in [3.63, 3.8) is 0 Å². The van der Waals surface area contributed by atoms with Crippen LogP contribution in [0.5, 0.6) is 0 Å². The van der Waals surface area contributed by atoms with Gasteiger partial charge in [0.25, 0.3) is 0 Å². The van der Waals surface area contributed by atoms with Gasteiger partial charge in [-0.1, -0.05) is 6.07 Å². The van der Waals surface area contributed by atoms with Crippen molar-refractivity contribution in [3.8, 4) is 0 Å². The van der Waals surface area contributed by atoms with Crippen LogP contribution in [0.3, 0.4) is 0 Å². The molecule has 2 rings (SSSR count). The molecule has 80 valence electrons. The van der Waals surface area contributed by atoms with Gasteiger partial charge in [0.15, 0.2) is 0 Å². The van der Waals surface area contributed by atoms with Crippen LogP contribution < -0.4 is 0 Å². The number of hydrogen-bond acceptors (Lipinski definition) is 3. The Bertz CT molecular complexity index is 389. The van der Waals surface area contributed by atoms with Gasteiger partial charge in [0.1, 0.15) is 0 Å². The van der Waals surface area contributed by atoms with Crippen molar-refractivity contribution in [2.45, 2.75) is 20.0 Å². The van der Waals surface area contributed by atoms with Crippen molar-refractivity contribution in [2.24, 2.45) is 0 Å². The predicted molar refractivity (Wildman–Crippen MR) is 66.7 cm³/mol. The van der Waals surface area contributed by atoms with Gasteiger partial charge in [0.2, 0.25) is 0 Å². The monoisotopic (exact) mass is 238 g/mol. The standard InChI is InChI=1S/C12H14OS2/c1-10-4-5-11(15-10)6-7-13-9-12-3-2-8-14-12/h2-5,8H,6-7,9H2,1H3. The second kappa shape index (κ2) is 5.45. The Morgan fingerprint density at radius 2 is 2.13 bits per heavy atom. The van der Waals surface area contributed by atoms with Gasteiger partial charge < -0.3 is 4.74 Å². The van der Waals surface area contributed by atoms with Gasteiger partial charge in [-0.25, -0.2) is 0 Å². The number of hydrogen-bond donors (Lipinski definition) is 0. The van der Waals surface area contributed by atoms with Crippen LogP contribution in [0.4, 0.5) is 0 Å². The molecule has 0 N–H and O–H groups in total. The first-order valence-corrected chi connectivity index (χ1v) is 6.69. The van der Waals surface area contributed by atoms with E-state index in [9.17, 15) is 0 Å². The summed E-state index contributed by atoms with van der Waals surface area (Å²) in [5.74, 6) is 0. The van der Waals surface area contributed by atoms with Crippen LogP contribution in [0.25, 0.3) is 0 Å². The fourth-order valence-electron chi connectivity index (χ4n) is 1.36. The minimum absolute atomic E-state index is 0.752. The number of thiophene rings is 2. The largest absolute Gasteiger partial charge is 0.376 e. The highest BCUT2D eigenvalue weighted by Gasteiger charge is 1.97. The van der Waals surface area contributed by atoms with Crippen LogP contribution in [0.1, 0.15) is 14.6 Å². The minimum Gasteiger partial charge on any atom is -0.376 e. The molecule has 0 saturated carbocycles. The highest BCUT2D eigenvalue weighted by atomic mass is 32.1. The predicted octanol–water partition coefficient (Wildman–Crippen LogP) is 3.88. The van der Waals surface area contributed by atoms with Crippen LogP contribution in [0, 0.1) is 6.92 Å². The van der Waals surface area contributed by atoms with E-state index in [0.717, 1.165) is 19.6 Å². The molecule has 2 heterocycles. The average Bonchev–Trinajstić information content (AvgIpc) is 2.84. The molecule has 0 aromatic carbocycles. The Morgan fingerprint density at radius 1 is 1.20 bits per heavy atom. The Hall–Kier alpha value is -0.640. The fraction of sp³-hybridized carbons (Fsp3) is 0.333. The second-order valence-corrected chi connectivity index (χ2v) is 5.80. The summed E-state index contributed by atoms with van der Waals surface area (Å²) in [6.45, 7) is 3.71. The molecule has 0 atom stereocenters. The Labute approximate surface area is 98.3 Å². The van der Waals surface area contributed by atoms with E-state index in [1.807, 2.05) is 11.3 Å². The highest BCUT2D eigenvalue weighted by molar-refractivity contribution is 7.11. The third-order valence-electron chi connectivity index (χ3n) is 2.11. The molecule has 2 aromatic heterocycles. The molecule has 0 spiro atoms. The Balaban J connectivity index is 1.67. The normalized spacial score (nSPS) is 10.7. The van der Waals surface area contributed by atoms with E-state index in [1.165, 1.54) is 14.6 Å². The highest BCUT2D eigenvalue weighted by Crippen LogP contribution is 2.16. The first-order chi connectivity index (χ1) is 7.34. The molecule has 0 bridgehead atoms. The summed E-state index contributed by atoms with van der Waals surface area (Å²) in [4.78, 5) is 4.10. The first kappa shape index (κ1) is 10.9. The molecule has 15 heavy (non-hydrogen) atoms. The van der Waals surface area contributed by atoms with Gasteiger partial charge >= 0.3 is 0 Å². The van der Waals surface area contributed by atoms with Crippen molar-refractivity contribution in [2.75, 3.05) is 6.61 Å². The van der Waals surface area contributed by atoms with Crippen LogP contribution in [-0.2, 0) is 17.8 Å². The summed E-state index contributed by atoms with van der Waals surface area (Å²) in [5.41, 5.74) is 0. The maximum Gasteiger partial charge on any atom is 0.0809 e. The van der Waals surface area contributed by atoms with Crippen LogP contribution in [-0.4, -0.2) is 6.61 Å². The molecule has 0 amide bonds. The van der Waals surface area contributed by atoms with Gasteiger partial charge in [-0.15, -0.1) is 22.7 Å². The quantitative estimate of drug-likeness (QED) is 0.718. The van der Waals surface area contributed by atoms with Crippen molar-refractivity contribution in [3.05, 3.63) is 44.3 Å². The molecule has 0 aliphatic rings. The molecule has 1 nitrogen and oxygen atoms in total. The lowest BCUT2D eigenvalue weighted by Gasteiger charge is -2.00. The smallest absolute Gasteiger partial charge is 0.0809 e. The Kier molecular flexibility index (Phi) is 3.94. The molecule has 2 aromatic rings. The topological polar surface area (TPSA) is 9.23 Å². The average molecular weight is 238 g/mol. The summed E-state index contributed by atoms with van der Waals surface area (Å²) in [6, 6.07) is 8.53. The SMILES string of the molecule is Cc1ccc(CCOCc2cccs2)s1. The van der Waals surface area contributed by atoms with Crippen LogP contribution in [0.15, 0.2) is 29.6 Å². The molecule has 0 aliphatic heterocycles. The number of rotatable bonds is 5. The van der Waals surface area contributed by atoms with E-state index in [-0.39, 0.29) is 0 Å². The number of ether oxygens (including phenoxy) is 1. The summed E-state index contributed by atoms with van der Waals surface area (Å²) >= 11 is 3.61. The van der Waals surface area contributed by atoms with Gasteiger partial charge in [0, 0.05) is 21.1 Å². The zero-order valence-electron chi connectivity index (χ0n) is 8.73. The van der Waals surface area contributed by atoms with Gasteiger partial charge in [0.05, 0.1) is 13.2 Å². The fourth-order valence-corrected chi connectivity index (χ4v) is 2.87. The molecule has 0 saturated heterocycles. The summed E-state index contributed by atoms with van der Waals surface area (Å²) in [6.07, 6.45) is 1.03. The van der Waals surface area contributed by atoms with Gasteiger partial charge in [-0.3, -0.25) is 0 Å². The van der Waals surface area contributed by atoms with Crippen molar-refractivity contribution in [1.82, 2.24) is 0 Å². The van der Waals surface area contributed by atoms with E-state index in [0.29, 0.717) is 0 Å². The van der Waals surface area contributed by atoms with Crippen molar-refractivity contribution >= 4 is 22.7 Å². The summed E-state index contributed by atoms with van der Waals surface area (Å²) < 4.78 is 5.61. The molecule has 0 aliphatic carbocycles. The molecule has 0 unspecified atom stereocenters. The number of aryl methyl sites for hydroxylation is 1. The lowest BCUT2D eigenvalue weighted by atomic mass is 10.3. The third kappa shape index (κ3) is 3.45. The first-order valence-electron chi connectivity index (χ1n) is 5.00. The lowest BCUT2D eigenvalue weighted by molar-refractivity contribution is 0.126. The molecular weight excluding hydrogens is 224 g/mol.